The average Bonchev–Trinajstić information content (AvgIpc) is 3.25. The molecule has 2 aromatic heterocycles. The van der Waals surface area contributed by atoms with Crippen LogP contribution in [0.5, 0.6) is 0 Å². The molecule has 0 saturated carbocycles. The molecule has 0 aliphatic rings. The molecule has 0 bridgehead atoms. The topological polar surface area (TPSA) is 114 Å². The van der Waals surface area contributed by atoms with Crippen LogP contribution >= 0.6 is 0 Å². The number of amides is 1. The molecule has 0 aliphatic carbocycles. The first kappa shape index (κ1) is 16.7. The molecule has 2 unspecified atom stereocenters. The van der Waals surface area contributed by atoms with Gasteiger partial charge in [-0.15, -0.1) is 0 Å². The second-order valence-electron chi connectivity index (χ2n) is 5.87. The average molecular weight is 342 g/mol. The van der Waals surface area contributed by atoms with Gasteiger partial charge in [0.05, 0.1) is 23.1 Å². The van der Waals surface area contributed by atoms with Gasteiger partial charge in [0.25, 0.3) is 5.91 Å². The number of H-pyrrole nitrogens is 1. The van der Waals surface area contributed by atoms with E-state index in [9.17, 15) is 14.9 Å². The molecule has 0 spiro atoms. The van der Waals surface area contributed by atoms with Crippen molar-refractivity contribution in [2.45, 2.75) is 26.3 Å². The van der Waals surface area contributed by atoms with Crippen LogP contribution in [0.3, 0.4) is 0 Å². The van der Waals surface area contributed by atoms with Crippen molar-refractivity contribution in [3.8, 4) is 0 Å². The van der Waals surface area contributed by atoms with Gasteiger partial charge in [-0.1, -0.05) is 32.4 Å². The van der Waals surface area contributed by atoms with Gasteiger partial charge in [-0.05, 0) is 24.1 Å². The van der Waals surface area contributed by atoms with Gasteiger partial charge in [0.2, 0.25) is 0 Å². The number of nitro groups is 1. The zero-order valence-corrected chi connectivity index (χ0v) is 13.9. The molecule has 2 heterocycles. The third-order valence-corrected chi connectivity index (χ3v) is 4.20. The van der Waals surface area contributed by atoms with Crippen LogP contribution < -0.4 is 5.32 Å². The van der Waals surface area contributed by atoms with Crippen molar-refractivity contribution in [1.29, 1.82) is 0 Å². The Morgan fingerprint density at radius 1 is 1.36 bits per heavy atom. The first-order chi connectivity index (χ1) is 12.0. The van der Waals surface area contributed by atoms with Gasteiger partial charge in [-0.3, -0.25) is 14.9 Å². The van der Waals surface area contributed by atoms with Gasteiger partial charge in [0.15, 0.2) is 5.76 Å². The second kappa shape index (κ2) is 6.76. The molecule has 2 N–H and O–H groups in total. The van der Waals surface area contributed by atoms with Crippen LogP contribution in [0.2, 0.25) is 0 Å². The fourth-order valence-electron chi connectivity index (χ4n) is 2.60. The zero-order valence-electron chi connectivity index (χ0n) is 13.9. The van der Waals surface area contributed by atoms with E-state index < -0.39 is 16.7 Å². The minimum Gasteiger partial charge on any atom is -0.395 e. The Morgan fingerprint density at radius 3 is 2.76 bits per heavy atom. The Labute approximate surface area is 143 Å². The first-order valence-electron chi connectivity index (χ1n) is 7.99. The van der Waals surface area contributed by atoms with E-state index in [0.717, 1.165) is 23.5 Å². The zero-order chi connectivity index (χ0) is 18.0. The SMILES string of the molecule is CCC(C)C(NC(=O)c1ccc([N+](=O)[O-])o1)c1nc2ccccc2[nH]1. The van der Waals surface area contributed by atoms with Crippen LogP contribution in [0, 0.1) is 16.0 Å². The van der Waals surface area contributed by atoms with E-state index >= 15 is 0 Å². The highest BCUT2D eigenvalue weighted by molar-refractivity contribution is 5.92. The number of carbonyl (C=O) groups is 1. The molecule has 1 amide bonds. The number of carbonyl (C=O) groups excluding carboxylic acids is 1. The van der Waals surface area contributed by atoms with Crippen molar-refractivity contribution < 1.29 is 14.1 Å². The first-order valence-corrected chi connectivity index (χ1v) is 7.99. The Balaban J connectivity index is 1.87. The molecule has 0 radical (unpaired) electrons. The summed E-state index contributed by atoms with van der Waals surface area (Å²) in [5.74, 6) is -0.330. The number of fused-ring (bicyclic) bond motifs is 1. The summed E-state index contributed by atoms with van der Waals surface area (Å²) in [6.45, 7) is 4.02. The molecule has 0 saturated heterocycles. The fraction of sp³-hybridized carbons (Fsp3) is 0.294. The highest BCUT2D eigenvalue weighted by atomic mass is 16.6. The summed E-state index contributed by atoms with van der Waals surface area (Å²) in [6, 6.07) is 9.69. The maximum Gasteiger partial charge on any atom is 0.433 e. The van der Waals surface area contributed by atoms with Gasteiger partial charge in [-0.2, -0.15) is 0 Å². The lowest BCUT2D eigenvalue weighted by atomic mass is 9.98. The summed E-state index contributed by atoms with van der Waals surface area (Å²) < 4.78 is 4.97. The third-order valence-electron chi connectivity index (χ3n) is 4.20. The van der Waals surface area contributed by atoms with E-state index in [4.69, 9.17) is 4.42 Å². The highest BCUT2D eigenvalue weighted by Crippen LogP contribution is 2.25. The lowest BCUT2D eigenvalue weighted by Crippen LogP contribution is -2.33. The number of nitrogens with zero attached hydrogens (tertiary/aromatic N) is 2. The molecule has 3 rings (SSSR count). The normalized spacial score (nSPS) is 13.5. The second-order valence-corrected chi connectivity index (χ2v) is 5.87. The number of para-hydroxylation sites is 2. The Morgan fingerprint density at radius 2 is 2.12 bits per heavy atom. The summed E-state index contributed by atoms with van der Waals surface area (Å²) >= 11 is 0. The molecule has 8 nitrogen and oxygen atoms in total. The van der Waals surface area contributed by atoms with Crippen LogP contribution in [0.25, 0.3) is 11.0 Å². The number of imidazole rings is 1. The molecule has 8 heteroatoms. The third kappa shape index (κ3) is 3.37. The Bertz CT molecular complexity index is 881. The summed E-state index contributed by atoms with van der Waals surface area (Å²) in [6.07, 6.45) is 0.820. The van der Waals surface area contributed by atoms with Crippen molar-refractivity contribution in [2.24, 2.45) is 5.92 Å². The lowest BCUT2D eigenvalue weighted by Gasteiger charge is -2.21. The number of hydrogen-bond donors (Lipinski definition) is 2. The quantitative estimate of drug-likeness (QED) is 0.525. The molecular weight excluding hydrogens is 324 g/mol. The van der Waals surface area contributed by atoms with Crippen LogP contribution in [0.4, 0.5) is 5.88 Å². The molecule has 3 aromatic rings. The van der Waals surface area contributed by atoms with Crippen LogP contribution in [-0.2, 0) is 0 Å². The summed E-state index contributed by atoms with van der Waals surface area (Å²) in [4.78, 5) is 30.2. The number of nitrogens with one attached hydrogen (secondary N) is 2. The summed E-state index contributed by atoms with van der Waals surface area (Å²) in [7, 11) is 0. The number of hydrogen-bond acceptors (Lipinski definition) is 5. The maximum atomic E-state index is 12.4. The minimum absolute atomic E-state index is 0.101. The van der Waals surface area contributed by atoms with Gasteiger partial charge in [0.1, 0.15) is 10.7 Å². The van der Waals surface area contributed by atoms with Crippen molar-refractivity contribution in [3.05, 3.63) is 58.1 Å². The van der Waals surface area contributed by atoms with Crippen molar-refractivity contribution in [1.82, 2.24) is 15.3 Å². The highest BCUT2D eigenvalue weighted by Gasteiger charge is 2.26. The number of aromatic amines is 1. The fourth-order valence-corrected chi connectivity index (χ4v) is 2.60. The smallest absolute Gasteiger partial charge is 0.395 e. The van der Waals surface area contributed by atoms with E-state index in [0.29, 0.717) is 5.82 Å². The predicted molar refractivity (Wildman–Crippen MR) is 91.1 cm³/mol. The van der Waals surface area contributed by atoms with Crippen LogP contribution in [-0.4, -0.2) is 20.8 Å². The predicted octanol–water partition coefficient (Wildman–Crippen LogP) is 3.58. The number of rotatable bonds is 6. The molecule has 1 aromatic carbocycles. The van der Waals surface area contributed by atoms with Crippen molar-refractivity contribution >= 4 is 22.8 Å². The van der Waals surface area contributed by atoms with E-state index in [1.807, 2.05) is 38.1 Å². The van der Waals surface area contributed by atoms with E-state index in [2.05, 4.69) is 15.3 Å². The van der Waals surface area contributed by atoms with E-state index in [-0.39, 0.29) is 17.7 Å². The largest absolute Gasteiger partial charge is 0.433 e. The number of furan rings is 1. The van der Waals surface area contributed by atoms with Gasteiger partial charge in [-0.25, -0.2) is 4.98 Å². The molecular formula is C17H18N4O4. The maximum absolute atomic E-state index is 12.4. The van der Waals surface area contributed by atoms with Crippen LogP contribution in [0.15, 0.2) is 40.8 Å². The van der Waals surface area contributed by atoms with Crippen LogP contribution in [0.1, 0.15) is 42.7 Å². The summed E-state index contributed by atoms with van der Waals surface area (Å²) in [5.41, 5.74) is 1.70. The monoisotopic (exact) mass is 342 g/mol. The molecule has 2 atom stereocenters. The van der Waals surface area contributed by atoms with Gasteiger partial charge in [0, 0.05) is 0 Å². The Kier molecular flexibility index (Phi) is 4.51. The lowest BCUT2D eigenvalue weighted by molar-refractivity contribution is -0.402. The standard InChI is InChI=1S/C17H18N4O4/c1-3-10(2)15(16-18-11-6-4-5-7-12(11)19-16)20-17(22)13-8-9-14(25-13)21(23)24/h4-10,15H,3H2,1-2H3,(H,18,19)(H,20,22). The number of benzene rings is 1. The van der Waals surface area contributed by atoms with Gasteiger partial charge >= 0.3 is 5.88 Å². The molecule has 130 valence electrons. The molecule has 0 fully saturated rings. The van der Waals surface area contributed by atoms with Crippen molar-refractivity contribution in [2.75, 3.05) is 0 Å². The number of aromatic nitrogens is 2. The molecule has 0 aliphatic heterocycles. The summed E-state index contributed by atoms with van der Waals surface area (Å²) in [5, 5.41) is 13.6. The van der Waals surface area contributed by atoms with Gasteiger partial charge < -0.3 is 14.7 Å². The van der Waals surface area contributed by atoms with E-state index in [1.54, 1.807) is 0 Å². The Hall–Kier alpha value is -3.16. The molecule has 25 heavy (non-hydrogen) atoms. The van der Waals surface area contributed by atoms with Crippen molar-refractivity contribution in [3.63, 3.8) is 0 Å². The minimum atomic E-state index is -0.678. The van der Waals surface area contributed by atoms with E-state index in [1.165, 1.54) is 6.07 Å².